The molecular weight excluding hydrogens is 316 g/mol. The molecule has 5 heteroatoms. The van der Waals surface area contributed by atoms with E-state index < -0.39 is 5.97 Å². The third kappa shape index (κ3) is 4.24. The van der Waals surface area contributed by atoms with Gasteiger partial charge in [-0.05, 0) is 18.2 Å². The van der Waals surface area contributed by atoms with Crippen LogP contribution in [-0.4, -0.2) is 21.8 Å². The fraction of sp³-hybridized carbons (Fsp3) is 0.350. The summed E-state index contributed by atoms with van der Waals surface area (Å²) in [6, 6.07) is 5.39. The number of nitrogens with zero attached hydrogens (tertiary/aromatic N) is 1. The van der Waals surface area contributed by atoms with Crippen molar-refractivity contribution in [2.75, 3.05) is 0 Å². The molecule has 5 nitrogen and oxygen atoms in total. The molecule has 1 aromatic carbocycles. The second kappa shape index (κ2) is 7.47. The molecule has 2 aromatic rings. The third-order valence-corrected chi connectivity index (χ3v) is 3.93. The van der Waals surface area contributed by atoms with Crippen molar-refractivity contribution in [1.29, 1.82) is 0 Å². The van der Waals surface area contributed by atoms with Crippen molar-refractivity contribution in [3.63, 3.8) is 0 Å². The number of carbonyl (C=O) groups is 2. The summed E-state index contributed by atoms with van der Waals surface area (Å²) >= 11 is 0. The summed E-state index contributed by atoms with van der Waals surface area (Å²) in [5.41, 5.74) is 2.09. The van der Waals surface area contributed by atoms with Crippen LogP contribution in [0.2, 0.25) is 0 Å². The third-order valence-electron chi connectivity index (χ3n) is 3.93. The van der Waals surface area contributed by atoms with Crippen LogP contribution in [0.25, 0.3) is 17.0 Å². The molecule has 2 heterocycles. The molecule has 0 radical (unpaired) electrons. The summed E-state index contributed by atoms with van der Waals surface area (Å²) in [4.78, 5) is 30.5. The van der Waals surface area contributed by atoms with Crippen LogP contribution in [0.3, 0.4) is 0 Å². The zero-order valence-electron chi connectivity index (χ0n) is 15.1. The van der Waals surface area contributed by atoms with Gasteiger partial charge in [-0.2, -0.15) is 0 Å². The molecule has 0 unspecified atom stereocenters. The Morgan fingerprint density at radius 2 is 1.92 bits per heavy atom. The number of aliphatic carboxylic acids is 1. The molecule has 1 aliphatic rings. The lowest BCUT2D eigenvalue weighted by molar-refractivity contribution is -0.136. The molecule has 1 aromatic heterocycles. The summed E-state index contributed by atoms with van der Waals surface area (Å²) in [6.07, 6.45) is 5.79. The van der Waals surface area contributed by atoms with E-state index in [4.69, 9.17) is 5.11 Å². The predicted octanol–water partition coefficient (Wildman–Crippen LogP) is 3.20. The van der Waals surface area contributed by atoms with E-state index in [1.54, 1.807) is 12.3 Å². The molecule has 132 valence electrons. The Morgan fingerprint density at radius 1 is 1.20 bits per heavy atom. The topological polar surface area (TPSA) is 82.5 Å². The molecule has 1 aliphatic heterocycles. The van der Waals surface area contributed by atoms with Crippen molar-refractivity contribution in [3.05, 3.63) is 46.7 Å². The highest BCUT2D eigenvalue weighted by atomic mass is 16.4. The number of aromatic nitrogens is 1. The van der Waals surface area contributed by atoms with E-state index in [1.165, 1.54) is 0 Å². The first-order valence-electron chi connectivity index (χ1n) is 8.51. The second-order valence-corrected chi connectivity index (χ2v) is 6.38. The number of benzene rings is 1. The molecule has 0 atom stereocenters. The van der Waals surface area contributed by atoms with E-state index in [0.717, 1.165) is 21.6 Å². The van der Waals surface area contributed by atoms with Crippen LogP contribution in [0.15, 0.2) is 35.5 Å². The van der Waals surface area contributed by atoms with Gasteiger partial charge in [0.25, 0.3) is 0 Å². The van der Waals surface area contributed by atoms with Crippen LogP contribution in [0.5, 0.6) is 0 Å². The zero-order chi connectivity index (χ0) is 18.6. The van der Waals surface area contributed by atoms with E-state index in [0.29, 0.717) is 5.56 Å². The fourth-order valence-corrected chi connectivity index (χ4v) is 2.71. The lowest BCUT2D eigenvalue weighted by atomic mass is 9.92. The predicted molar refractivity (Wildman–Crippen MR) is 99.0 cm³/mol. The first-order chi connectivity index (χ1) is 11.9. The number of hydrogen-bond acceptors (Lipinski definition) is 3. The molecule has 0 fully saturated rings. The smallest absolute Gasteiger partial charge is 0.303 e. The van der Waals surface area contributed by atoms with Crippen LogP contribution in [0.1, 0.15) is 50.9 Å². The fourth-order valence-electron chi connectivity index (χ4n) is 2.71. The Hall–Kier alpha value is -2.69. The van der Waals surface area contributed by atoms with Crippen LogP contribution in [0.4, 0.5) is 0 Å². The van der Waals surface area contributed by atoms with Gasteiger partial charge in [0.15, 0.2) is 5.78 Å². The van der Waals surface area contributed by atoms with Crippen LogP contribution in [-0.2, 0) is 4.79 Å². The minimum Gasteiger partial charge on any atom is -0.481 e. The second-order valence-electron chi connectivity index (χ2n) is 6.38. The van der Waals surface area contributed by atoms with Crippen molar-refractivity contribution in [3.8, 4) is 0 Å². The highest BCUT2D eigenvalue weighted by Gasteiger charge is 2.15. The summed E-state index contributed by atoms with van der Waals surface area (Å²) in [5.74, 6) is -1.12. The molecule has 0 saturated heterocycles. The Kier molecular flexibility index (Phi) is 5.57. The minimum absolute atomic E-state index is 0.00852. The number of ketones is 1. The van der Waals surface area contributed by atoms with Crippen molar-refractivity contribution >= 4 is 28.7 Å². The molecular formula is C20H24N2O3. The van der Waals surface area contributed by atoms with E-state index in [9.17, 15) is 9.59 Å². The largest absolute Gasteiger partial charge is 0.481 e. The Balaban J connectivity index is 0.00000109. The molecule has 0 bridgehead atoms. The van der Waals surface area contributed by atoms with E-state index in [1.807, 2.05) is 32.1 Å². The monoisotopic (exact) mass is 340 g/mol. The maximum atomic E-state index is 12.2. The summed E-state index contributed by atoms with van der Waals surface area (Å²) < 4.78 is 0. The number of nitrogens with one attached hydrogen (secondary N) is 1. The van der Waals surface area contributed by atoms with Gasteiger partial charge in [-0.3, -0.25) is 9.59 Å². The van der Waals surface area contributed by atoms with E-state index in [2.05, 4.69) is 29.9 Å². The number of fused-ring (bicyclic) bond motifs is 3. The first kappa shape index (κ1) is 18.6. The standard InChI is InChI=1S/C18H18N2O3.C2H6/c1-18(2)7-8-19-17-13(10-18)12-9-11(3-4-14(12)20-17)15(21)5-6-16(22)23;1-2/h3-4,7-10H,5-6H2,1-2H3,(H,19,20)(H,22,23);1-2H3. The molecule has 0 amide bonds. The number of rotatable bonds is 4. The van der Waals surface area contributed by atoms with Gasteiger partial charge in [-0.15, -0.1) is 0 Å². The van der Waals surface area contributed by atoms with Gasteiger partial charge < -0.3 is 10.1 Å². The number of Topliss-reactive ketones (excluding diaryl/α,β-unsaturated/α-hetero) is 1. The lowest BCUT2D eigenvalue weighted by Crippen LogP contribution is -2.24. The number of carbonyl (C=O) groups excluding carboxylic acids is 1. The Bertz CT molecular complexity index is 949. The normalized spacial score (nSPS) is 14.4. The number of H-pyrrole nitrogens is 1. The van der Waals surface area contributed by atoms with Crippen molar-refractivity contribution in [2.45, 2.75) is 40.5 Å². The number of allylic oxidation sites excluding steroid dienone is 1. The molecule has 3 rings (SSSR count). The van der Waals surface area contributed by atoms with Crippen molar-refractivity contribution in [2.24, 2.45) is 10.4 Å². The maximum Gasteiger partial charge on any atom is 0.303 e. The average Bonchev–Trinajstić information content (AvgIpc) is 2.82. The summed E-state index contributed by atoms with van der Waals surface area (Å²) in [6.45, 7) is 8.18. The first-order valence-corrected chi connectivity index (χ1v) is 8.51. The van der Waals surface area contributed by atoms with Crippen LogP contribution >= 0.6 is 0 Å². The van der Waals surface area contributed by atoms with Gasteiger partial charge in [-0.1, -0.05) is 39.8 Å². The average molecular weight is 340 g/mol. The van der Waals surface area contributed by atoms with Gasteiger partial charge in [0, 0.05) is 39.7 Å². The lowest BCUT2D eigenvalue weighted by Gasteiger charge is -2.12. The SMILES string of the molecule is CC.CC1(C)C=CN=c2[nH]c3ccc(C(=O)CCC(=O)O)cc3c2=C1. The van der Waals surface area contributed by atoms with Gasteiger partial charge >= 0.3 is 5.97 Å². The van der Waals surface area contributed by atoms with Crippen LogP contribution in [0, 0.1) is 5.41 Å². The maximum absolute atomic E-state index is 12.2. The molecule has 25 heavy (non-hydrogen) atoms. The molecule has 0 saturated carbocycles. The highest BCUT2D eigenvalue weighted by Crippen LogP contribution is 2.21. The number of carboxylic acids is 1. The Labute approximate surface area is 146 Å². The summed E-state index contributed by atoms with van der Waals surface area (Å²) in [5, 5.41) is 10.6. The van der Waals surface area contributed by atoms with Crippen molar-refractivity contribution in [1.82, 2.24) is 4.98 Å². The number of aromatic amines is 1. The molecule has 0 aliphatic carbocycles. The molecule has 0 spiro atoms. The number of carboxylic acid groups (broad SMARTS) is 1. The summed E-state index contributed by atoms with van der Waals surface area (Å²) in [7, 11) is 0. The van der Waals surface area contributed by atoms with Gasteiger partial charge in [-0.25, -0.2) is 4.99 Å². The van der Waals surface area contributed by atoms with E-state index >= 15 is 0 Å². The van der Waals surface area contributed by atoms with E-state index in [-0.39, 0.29) is 24.0 Å². The molecule has 2 N–H and O–H groups in total. The highest BCUT2D eigenvalue weighted by molar-refractivity contribution is 6.00. The van der Waals surface area contributed by atoms with Crippen molar-refractivity contribution < 1.29 is 14.7 Å². The van der Waals surface area contributed by atoms with Crippen LogP contribution < -0.4 is 10.7 Å². The van der Waals surface area contributed by atoms with Gasteiger partial charge in [0.1, 0.15) is 5.49 Å². The minimum atomic E-state index is -0.963. The number of hydrogen-bond donors (Lipinski definition) is 2. The Morgan fingerprint density at radius 3 is 2.60 bits per heavy atom. The van der Waals surface area contributed by atoms with Gasteiger partial charge in [0.2, 0.25) is 0 Å². The van der Waals surface area contributed by atoms with Gasteiger partial charge in [0.05, 0.1) is 6.42 Å². The quantitative estimate of drug-likeness (QED) is 0.839. The zero-order valence-corrected chi connectivity index (χ0v) is 15.1.